The van der Waals surface area contributed by atoms with E-state index in [1.165, 1.54) is 12.4 Å². The van der Waals surface area contributed by atoms with Gasteiger partial charge in [0.25, 0.3) is 11.4 Å². The number of pyridine rings is 2. The second-order valence-corrected chi connectivity index (χ2v) is 19.5. The van der Waals surface area contributed by atoms with Gasteiger partial charge >= 0.3 is 7.12 Å². The molecule has 0 aliphatic heterocycles. The Bertz CT molecular complexity index is 3880. The zero-order chi connectivity index (χ0) is 55.8. The molecular formula is C65H54BBrN8O6. The van der Waals surface area contributed by atoms with E-state index in [-0.39, 0.29) is 28.6 Å². The van der Waals surface area contributed by atoms with Gasteiger partial charge in [-0.15, -0.1) is 0 Å². The van der Waals surface area contributed by atoms with Crippen LogP contribution in [0.2, 0.25) is 0 Å². The van der Waals surface area contributed by atoms with Crippen LogP contribution in [0, 0.1) is 34.1 Å². The number of nitrogens with zero attached hydrogens (tertiary/aromatic N) is 8. The topological polar surface area (TPSA) is 188 Å². The summed E-state index contributed by atoms with van der Waals surface area (Å²) in [6, 6.07) is 74.9. The van der Waals surface area contributed by atoms with Crippen molar-refractivity contribution in [2.75, 3.05) is 0 Å². The highest BCUT2D eigenvalue weighted by Gasteiger charge is 2.43. The van der Waals surface area contributed by atoms with Gasteiger partial charge in [-0.2, -0.15) is 10.2 Å². The highest BCUT2D eigenvalue weighted by molar-refractivity contribution is 9.10. The van der Waals surface area contributed by atoms with Crippen LogP contribution < -0.4 is 5.46 Å². The van der Waals surface area contributed by atoms with Gasteiger partial charge in [-0.1, -0.05) is 189 Å². The molecule has 4 heterocycles. The Kier molecular flexibility index (Phi) is 16.9. The third kappa shape index (κ3) is 10.8. The number of rotatable bonds is 12. The van der Waals surface area contributed by atoms with Crippen LogP contribution in [0.4, 0.5) is 11.4 Å². The van der Waals surface area contributed by atoms with Gasteiger partial charge in [-0.05, 0) is 105 Å². The first-order chi connectivity index (χ1) is 38.9. The lowest BCUT2D eigenvalue weighted by molar-refractivity contribution is -0.385. The van der Waals surface area contributed by atoms with Crippen LogP contribution in [0.1, 0.15) is 51.9 Å². The maximum Gasteiger partial charge on any atom is 0.488 e. The molecule has 0 unspecified atom stereocenters. The van der Waals surface area contributed by atoms with E-state index in [4.69, 9.17) is 20.2 Å². The molecule has 81 heavy (non-hydrogen) atoms. The Morgan fingerprint density at radius 1 is 0.457 bits per heavy atom. The number of hydrogen-bond acceptors (Lipinski definition) is 10. The van der Waals surface area contributed by atoms with E-state index in [1.54, 1.807) is 50.5 Å². The Morgan fingerprint density at radius 2 is 0.765 bits per heavy atom. The van der Waals surface area contributed by atoms with Gasteiger partial charge < -0.3 is 10.0 Å². The van der Waals surface area contributed by atoms with E-state index >= 15 is 0 Å². The van der Waals surface area contributed by atoms with Gasteiger partial charge in [0.2, 0.25) is 0 Å². The molecule has 14 nitrogen and oxygen atoms in total. The number of nitro benzene ring substituents is 2. The Labute approximate surface area is 476 Å². The number of nitro groups is 2. The molecule has 0 spiro atoms. The first kappa shape index (κ1) is 56.0. The zero-order valence-corrected chi connectivity index (χ0v) is 44.9. The third-order valence-electron chi connectivity index (χ3n) is 14.1. The maximum atomic E-state index is 12.1. The highest BCUT2D eigenvalue weighted by Crippen LogP contribution is 2.46. The monoisotopic (exact) mass is 1130 g/mol. The summed E-state index contributed by atoms with van der Waals surface area (Å²) in [7, 11) is -1.38. The SMILES string of the molecule is C.Cc1cc2c(-c3ccncc3)nn(C(c3ccccc3)(c3ccccc3)c3ccccc3)c2cc1[N+](=O)[O-].Cc1cc2c(Br)nn(C(c3ccccc3)(c3ccccc3)c3ccccc3)c2cc1[N+](=O)[O-].OB(O)c1ccncc1. The molecule has 400 valence electrons. The van der Waals surface area contributed by atoms with Crippen molar-refractivity contribution in [1.29, 1.82) is 0 Å². The lowest BCUT2D eigenvalue weighted by atomic mass is 9.77. The predicted molar refractivity (Wildman–Crippen MR) is 323 cm³/mol. The van der Waals surface area contributed by atoms with Crippen molar-refractivity contribution in [3.8, 4) is 11.3 Å². The van der Waals surface area contributed by atoms with Crippen molar-refractivity contribution in [3.63, 3.8) is 0 Å². The van der Waals surface area contributed by atoms with Gasteiger partial charge in [-0.3, -0.25) is 30.2 Å². The van der Waals surface area contributed by atoms with Gasteiger partial charge in [0, 0.05) is 64.4 Å². The molecule has 0 atom stereocenters. The number of aryl methyl sites for hydroxylation is 2. The Hall–Kier alpha value is -9.74. The standard InChI is InChI=1S/C32H24N4O2.C27H20BrN3O2.C5H6BNO2.CH4/c1-23-21-28-30(22-29(23)36(37)38)35(34-31(28)24-17-19-33-20-18-24)32(25-11-5-2-6-12-25,26-13-7-3-8-14-26)27-15-9-4-10-16-27;1-19-17-23-25(18-24(19)31(32)33)30(29-26(23)28)27(20-11-5-2-6-12-20,21-13-7-3-8-14-21)22-15-9-4-10-16-22;8-6(9)5-1-3-7-4-2-5;/h2-22H,1H3;2-18H,1H3;1-4,8-9H;1H4. The summed E-state index contributed by atoms with van der Waals surface area (Å²) in [6.07, 6.45) is 6.48. The van der Waals surface area contributed by atoms with Crippen molar-refractivity contribution < 1.29 is 19.9 Å². The van der Waals surface area contributed by atoms with E-state index in [0.29, 0.717) is 32.2 Å². The molecule has 0 aliphatic rings. The molecular weight excluding hydrogens is 1080 g/mol. The van der Waals surface area contributed by atoms with Crippen LogP contribution in [0.5, 0.6) is 0 Å². The largest absolute Gasteiger partial charge is 0.488 e. The van der Waals surface area contributed by atoms with Gasteiger partial charge in [-0.25, -0.2) is 9.36 Å². The van der Waals surface area contributed by atoms with Crippen molar-refractivity contribution in [1.82, 2.24) is 29.5 Å². The van der Waals surface area contributed by atoms with E-state index in [1.807, 2.05) is 143 Å². The molecule has 8 aromatic carbocycles. The fourth-order valence-electron chi connectivity index (χ4n) is 10.5. The van der Waals surface area contributed by atoms with Crippen LogP contribution in [0.3, 0.4) is 0 Å². The number of halogens is 1. The fraction of sp³-hybridized carbons (Fsp3) is 0.0769. The summed E-state index contributed by atoms with van der Waals surface area (Å²) in [5.41, 5.74) is 8.98. The fourth-order valence-corrected chi connectivity index (χ4v) is 10.9. The van der Waals surface area contributed by atoms with Crippen LogP contribution in [0.15, 0.2) is 260 Å². The summed E-state index contributed by atoms with van der Waals surface area (Å²) in [6.45, 7) is 3.52. The second kappa shape index (κ2) is 24.5. The summed E-state index contributed by atoms with van der Waals surface area (Å²) in [4.78, 5) is 31.1. The molecule has 0 fully saturated rings. The number of fused-ring (bicyclic) bond motifs is 2. The smallest absolute Gasteiger partial charge is 0.423 e. The van der Waals surface area contributed by atoms with Gasteiger partial charge in [0.1, 0.15) is 21.4 Å². The average molecular weight is 1130 g/mol. The molecule has 0 bridgehead atoms. The normalized spacial score (nSPS) is 11.1. The van der Waals surface area contributed by atoms with Crippen molar-refractivity contribution in [2.24, 2.45) is 0 Å². The average Bonchev–Trinajstić information content (AvgIpc) is 4.25. The number of aromatic nitrogens is 6. The molecule has 4 aromatic heterocycles. The molecule has 16 heteroatoms. The van der Waals surface area contributed by atoms with Crippen molar-refractivity contribution in [3.05, 3.63) is 325 Å². The van der Waals surface area contributed by atoms with Gasteiger partial charge in [0.05, 0.1) is 20.9 Å². The highest BCUT2D eigenvalue weighted by atomic mass is 79.9. The molecule has 2 N–H and O–H groups in total. The molecule has 12 rings (SSSR count). The lowest BCUT2D eigenvalue weighted by Crippen LogP contribution is -2.38. The number of hydrogen-bond donors (Lipinski definition) is 2. The molecule has 0 amide bonds. The third-order valence-corrected chi connectivity index (χ3v) is 14.7. The summed E-state index contributed by atoms with van der Waals surface area (Å²) in [5.74, 6) is 0. The van der Waals surface area contributed by atoms with E-state index < -0.39 is 18.2 Å². The molecule has 0 saturated carbocycles. The quantitative estimate of drug-likeness (QED) is 0.0516. The minimum Gasteiger partial charge on any atom is -0.423 e. The van der Waals surface area contributed by atoms with Crippen LogP contribution in [-0.2, 0) is 11.1 Å². The van der Waals surface area contributed by atoms with Crippen LogP contribution >= 0.6 is 15.9 Å². The first-order valence-electron chi connectivity index (χ1n) is 25.5. The van der Waals surface area contributed by atoms with Crippen LogP contribution in [0.25, 0.3) is 33.1 Å². The summed E-state index contributed by atoms with van der Waals surface area (Å²) in [5, 5.41) is 52.9. The predicted octanol–water partition coefficient (Wildman–Crippen LogP) is 13.4. The van der Waals surface area contributed by atoms with Gasteiger partial charge in [0.15, 0.2) is 0 Å². The Balaban J connectivity index is 0.000000169. The van der Waals surface area contributed by atoms with Crippen molar-refractivity contribution in [2.45, 2.75) is 32.4 Å². The Morgan fingerprint density at radius 3 is 1.09 bits per heavy atom. The number of benzene rings is 8. The van der Waals surface area contributed by atoms with E-state index in [0.717, 1.165) is 55.4 Å². The lowest BCUT2D eigenvalue weighted by Gasteiger charge is -2.37. The first-order valence-corrected chi connectivity index (χ1v) is 26.3. The molecule has 0 radical (unpaired) electrons. The minimum absolute atomic E-state index is 0. The zero-order valence-electron chi connectivity index (χ0n) is 43.3. The maximum absolute atomic E-state index is 12.1. The second-order valence-electron chi connectivity index (χ2n) is 18.8. The summed E-state index contributed by atoms with van der Waals surface area (Å²) < 4.78 is 4.52. The van der Waals surface area contributed by atoms with E-state index in [2.05, 4.69) is 98.7 Å². The minimum atomic E-state index is -1.38. The van der Waals surface area contributed by atoms with E-state index in [9.17, 15) is 20.2 Å². The molecule has 0 aliphatic carbocycles. The molecule has 12 aromatic rings. The van der Waals surface area contributed by atoms with Crippen molar-refractivity contribution >= 4 is 61.7 Å². The molecule has 0 saturated heterocycles. The van der Waals surface area contributed by atoms with Crippen LogP contribution in [-0.4, -0.2) is 56.5 Å². The summed E-state index contributed by atoms with van der Waals surface area (Å²) >= 11 is 3.62.